The van der Waals surface area contributed by atoms with Crippen molar-refractivity contribution in [3.05, 3.63) is 0 Å². The van der Waals surface area contributed by atoms with E-state index >= 15 is 0 Å². The second-order valence-electron chi connectivity index (χ2n) is 3.92. The van der Waals surface area contributed by atoms with Crippen molar-refractivity contribution in [3.63, 3.8) is 0 Å². The average molecular weight is 185 g/mol. The molecule has 0 saturated carbocycles. The van der Waals surface area contributed by atoms with Crippen molar-refractivity contribution in [1.82, 2.24) is 5.32 Å². The van der Waals surface area contributed by atoms with Crippen LogP contribution < -0.4 is 5.32 Å². The SMILES string of the molecule is CCCNCC1CCCOC1CC. The maximum absolute atomic E-state index is 5.73. The fourth-order valence-electron chi connectivity index (χ4n) is 2.05. The summed E-state index contributed by atoms with van der Waals surface area (Å²) >= 11 is 0. The van der Waals surface area contributed by atoms with Gasteiger partial charge in [-0.05, 0) is 38.1 Å². The van der Waals surface area contributed by atoms with E-state index in [1.54, 1.807) is 0 Å². The average Bonchev–Trinajstić information content (AvgIpc) is 2.19. The minimum atomic E-state index is 0.512. The molecule has 2 heteroatoms. The molecule has 1 aliphatic heterocycles. The van der Waals surface area contributed by atoms with Gasteiger partial charge in [-0.2, -0.15) is 0 Å². The van der Waals surface area contributed by atoms with E-state index in [9.17, 15) is 0 Å². The molecule has 0 bridgehead atoms. The third-order valence-electron chi connectivity index (χ3n) is 2.81. The summed E-state index contributed by atoms with van der Waals surface area (Å²) in [5.74, 6) is 0.755. The lowest BCUT2D eigenvalue weighted by Crippen LogP contribution is -2.36. The quantitative estimate of drug-likeness (QED) is 0.663. The number of nitrogens with one attached hydrogen (secondary N) is 1. The number of rotatable bonds is 5. The van der Waals surface area contributed by atoms with Gasteiger partial charge in [0, 0.05) is 13.2 Å². The Bertz CT molecular complexity index is 127. The lowest BCUT2D eigenvalue weighted by molar-refractivity contribution is -0.0272. The van der Waals surface area contributed by atoms with Gasteiger partial charge in [0.05, 0.1) is 6.10 Å². The smallest absolute Gasteiger partial charge is 0.0612 e. The molecule has 1 fully saturated rings. The van der Waals surface area contributed by atoms with Crippen molar-refractivity contribution in [2.45, 2.75) is 45.6 Å². The van der Waals surface area contributed by atoms with Gasteiger partial charge in [-0.15, -0.1) is 0 Å². The van der Waals surface area contributed by atoms with Crippen LogP contribution in [0.3, 0.4) is 0 Å². The zero-order valence-corrected chi connectivity index (χ0v) is 9.01. The van der Waals surface area contributed by atoms with Crippen LogP contribution in [-0.2, 0) is 4.74 Å². The summed E-state index contributed by atoms with van der Waals surface area (Å²) in [5.41, 5.74) is 0. The van der Waals surface area contributed by atoms with E-state index in [1.807, 2.05) is 0 Å². The van der Waals surface area contributed by atoms with Crippen LogP contribution in [0.4, 0.5) is 0 Å². The lowest BCUT2D eigenvalue weighted by Gasteiger charge is -2.31. The highest BCUT2D eigenvalue weighted by atomic mass is 16.5. The molecule has 78 valence electrons. The molecule has 1 heterocycles. The topological polar surface area (TPSA) is 21.3 Å². The minimum Gasteiger partial charge on any atom is -0.378 e. The molecule has 2 atom stereocenters. The monoisotopic (exact) mass is 185 g/mol. The fraction of sp³-hybridized carbons (Fsp3) is 1.00. The van der Waals surface area contributed by atoms with Crippen LogP contribution >= 0.6 is 0 Å². The summed E-state index contributed by atoms with van der Waals surface area (Å²) in [6, 6.07) is 0. The van der Waals surface area contributed by atoms with Gasteiger partial charge in [0.1, 0.15) is 0 Å². The maximum Gasteiger partial charge on any atom is 0.0612 e. The first-order chi connectivity index (χ1) is 6.38. The molecular formula is C11H23NO. The van der Waals surface area contributed by atoms with Gasteiger partial charge >= 0.3 is 0 Å². The second kappa shape index (κ2) is 6.39. The van der Waals surface area contributed by atoms with Gasteiger partial charge in [0.25, 0.3) is 0 Å². The minimum absolute atomic E-state index is 0.512. The summed E-state index contributed by atoms with van der Waals surface area (Å²) in [4.78, 5) is 0. The van der Waals surface area contributed by atoms with Crippen LogP contribution in [0, 0.1) is 5.92 Å². The molecule has 0 aromatic carbocycles. The van der Waals surface area contributed by atoms with E-state index in [2.05, 4.69) is 19.2 Å². The van der Waals surface area contributed by atoms with E-state index in [0.717, 1.165) is 25.6 Å². The molecule has 0 amide bonds. The van der Waals surface area contributed by atoms with Crippen molar-refractivity contribution in [2.24, 2.45) is 5.92 Å². The predicted octanol–water partition coefficient (Wildman–Crippen LogP) is 2.19. The Balaban J connectivity index is 2.19. The highest BCUT2D eigenvalue weighted by molar-refractivity contribution is 4.75. The Morgan fingerprint density at radius 1 is 1.38 bits per heavy atom. The number of hydrogen-bond acceptors (Lipinski definition) is 2. The van der Waals surface area contributed by atoms with Crippen molar-refractivity contribution in [2.75, 3.05) is 19.7 Å². The number of ether oxygens (including phenoxy) is 1. The first kappa shape index (κ1) is 11.0. The van der Waals surface area contributed by atoms with Gasteiger partial charge in [0.15, 0.2) is 0 Å². The predicted molar refractivity (Wildman–Crippen MR) is 55.9 cm³/mol. The molecule has 0 spiro atoms. The van der Waals surface area contributed by atoms with Gasteiger partial charge in [-0.3, -0.25) is 0 Å². The van der Waals surface area contributed by atoms with Crippen LogP contribution in [-0.4, -0.2) is 25.8 Å². The van der Waals surface area contributed by atoms with Crippen molar-refractivity contribution >= 4 is 0 Å². The van der Waals surface area contributed by atoms with Crippen molar-refractivity contribution in [1.29, 1.82) is 0 Å². The molecule has 1 saturated heterocycles. The molecule has 2 unspecified atom stereocenters. The molecular weight excluding hydrogens is 162 g/mol. The first-order valence-electron chi connectivity index (χ1n) is 5.70. The normalized spacial score (nSPS) is 29.1. The third kappa shape index (κ3) is 3.65. The van der Waals surface area contributed by atoms with Gasteiger partial charge in [0.2, 0.25) is 0 Å². The third-order valence-corrected chi connectivity index (χ3v) is 2.81. The van der Waals surface area contributed by atoms with Crippen molar-refractivity contribution in [3.8, 4) is 0 Å². The molecule has 0 aromatic heterocycles. The Kier molecular flexibility index (Phi) is 5.40. The highest BCUT2D eigenvalue weighted by Crippen LogP contribution is 2.22. The zero-order chi connectivity index (χ0) is 9.52. The van der Waals surface area contributed by atoms with Gasteiger partial charge < -0.3 is 10.1 Å². The van der Waals surface area contributed by atoms with Crippen LogP contribution in [0.2, 0.25) is 0 Å². The van der Waals surface area contributed by atoms with E-state index < -0.39 is 0 Å². The molecule has 1 rings (SSSR count). The first-order valence-corrected chi connectivity index (χ1v) is 5.70. The molecule has 13 heavy (non-hydrogen) atoms. The van der Waals surface area contributed by atoms with E-state index in [4.69, 9.17) is 4.74 Å². The second-order valence-corrected chi connectivity index (χ2v) is 3.92. The molecule has 0 radical (unpaired) electrons. The van der Waals surface area contributed by atoms with Crippen LogP contribution in [0.25, 0.3) is 0 Å². The van der Waals surface area contributed by atoms with E-state index in [0.29, 0.717) is 6.10 Å². The molecule has 0 aromatic rings. The largest absolute Gasteiger partial charge is 0.378 e. The van der Waals surface area contributed by atoms with Crippen LogP contribution in [0.15, 0.2) is 0 Å². The van der Waals surface area contributed by atoms with Gasteiger partial charge in [-0.1, -0.05) is 13.8 Å². The van der Waals surface area contributed by atoms with Gasteiger partial charge in [-0.25, -0.2) is 0 Å². The summed E-state index contributed by atoms with van der Waals surface area (Å²) in [6.07, 6.45) is 5.49. The van der Waals surface area contributed by atoms with Crippen molar-refractivity contribution < 1.29 is 4.74 Å². The zero-order valence-electron chi connectivity index (χ0n) is 9.01. The Morgan fingerprint density at radius 3 is 2.92 bits per heavy atom. The Morgan fingerprint density at radius 2 is 2.23 bits per heavy atom. The standard InChI is InChI=1S/C11H23NO/c1-3-7-12-9-10-6-5-8-13-11(10)4-2/h10-12H,3-9H2,1-2H3. The lowest BCUT2D eigenvalue weighted by atomic mass is 9.92. The summed E-state index contributed by atoms with van der Waals surface area (Å²) in [5, 5.41) is 3.49. The number of hydrogen-bond donors (Lipinski definition) is 1. The Hall–Kier alpha value is -0.0800. The molecule has 0 aliphatic carbocycles. The summed E-state index contributed by atoms with van der Waals surface area (Å²) in [7, 11) is 0. The molecule has 1 aliphatic rings. The van der Waals surface area contributed by atoms with E-state index in [-0.39, 0.29) is 0 Å². The Labute approximate surface area is 82.0 Å². The van der Waals surface area contributed by atoms with Crippen LogP contribution in [0.5, 0.6) is 0 Å². The molecule has 1 N–H and O–H groups in total. The molecule has 2 nitrogen and oxygen atoms in total. The summed E-state index contributed by atoms with van der Waals surface area (Å²) in [6.45, 7) is 7.70. The maximum atomic E-state index is 5.73. The van der Waals surface area contributed by atoms with E-state index in [1.165, 1.54) is 25.7 Å². The highest BCUT2D eigenvalue weighted by Gasteiger charge is 2.23. The fourth-order valence-corrected chi connectivity index (χ4v) is 2.05. The van der Waals surface area contributed by atoms with Crippen LogP contribution in [0.1, 0.15) is 39.5 Å². The summed E-state index contributed by atoms with van der Waals surface area (Å²) < 4.78 is 5.73.